The lowest BCUT2D eigenvalue weighted by Crippen LogP contribution is -2.22. The molecule has 0 bridgehead atoms. The number of sulfone groups is 1. The van der Waals surface area contributed by atoms with Crippen molar-refractivity contribution in [1.29, 1.82) is 0 Å². The molecule has 8 nitrogen and oxygen atoms in total. The quantitative estimate of drug-likeness (QED) is 0.490. The van der Waals surface area contributed by atoms with Gasteiger partial charge in [-0.25, -0.2) is 13.2 Å². The summed E-state index contributed by atoms with van der Waals surface area (Å²) in [5.74, 6) is -2.51. The van der Waals surface area contributed by atoms with Gasteiger partial charge in [0.1, 0.15) is 0 Å². The Morgan fingerprint density at radius 2 is 1.69 bits per heavy atom. The van der Waals surface area contributed by atoms with Gasteiger partial charge < -0.3 is 14.8 Å². The van der Waals surface area contributed by atoms with E-state index in [1.165, 1.54) is 42.5 Å². The minimum Gasteiger partial charge on any atom is -0.462 e. The van der Waals surface area contributed by atoms with E-state index >= 15 is 0 Å². The van der Waals surface area contributed by atoms with Gasteiger partial charge >= 0.3 is 11.9 Å². The Labute approximate surface area is 195 Å². The molecule has 0 spiro atoms. The number of hydrogen-bond donors (Lipinski definition) is 1. The fourth-order valence-electron chi connectivity index (χ4n) is 2.43. The number of esters is 2. The van der Waals surface area contributed by atoms with E-state index in [0.29, 0.717) is 24.3 Å². The first-order valence-corrected chi connectivity index (χ1v) is 11.9. The van der Waals surface area contributed by atoms with Crippen LogP contribution in [0.3, 0.4) is 0 Å². The van der Waals surface area contributed by atoms with Crippen molar-refractivity contribution in [2.75, 3.05) is 24.3 Å². The lowest BCUT2D eigenvalue weighted by Gasteiger charge is -2.09. The molecule has 0 atom stereocenters. The average molecular weight is 502 g/mol. The Kier molecular flexibility index (Phi) is 9.49. The average Bonchev–Trinajstić information content (AvgIpc) is 2.76. The van der Waals surface area contributed by atoms with Crippen LogP contribution in [0.4, 0.5) is 5.69 Å². The summed E-state index contributed by atoms with van der Waals surface area (Å²) in [5.41, 5.74) is 0.722. The number of benzene rings is 2. The van der Waals surface area contributed by atoms with Crippen molar-refractivity contribution in [2.24, 2.45) is 0 Å². The molecular formula is C21H21Cl2NO7S. The van der Waals surface area contributed by atoms with Crippen molar-refractivity contribution in [3.05, 3.63) is 58.1 Å². The van der Waals surface area contributed by atoms with E-state index in [1.54, 1.807) is 0 Å². The number of anilines is 1. The molecule has 2 aromatic carbocycles. The molecule has 0 heterocycles. The molecule has 1 amide bonds. The van der Waals surface area contributed by atoms with Crippen LogP contribution in [0.5, 0.6) is 0 Å². The van der Waals surface area contributed by atoms with E-state index in [-0.39, 0.29) is 14.9 Å². The van der Waals surface area contributed by atoms with Gasteiger partial charge in [-0.3, -0.25) is 9.59 Å². The van der Waals surface area contributed by atoms with Crippen LogP contribution in [-0.4, -0.2) is 45.2 Å². The first-order valence-electron chi connectivity index (χ1n) is 9.53. The molecule has 1 N–H and O–H groups in total. The molecule has 0 fully saturated rings. The summed E-state index contributed by atoms with van der Waals surface area (Å²) >= 11 is 11.7. The van der Waals surface area contributed by atoms with E-state index in [1.807, 2.05) is 6.92 Å². The molecule has 0 unspecified atom stereocenters. The van der Waals surface area contributed by atoms with Crippen LogP contribution in [0, 0.1) is 0 Å². The van der Waals surface area contributed by atoms with Crippen molar-refractivity contribution in [2.45, 2.75) is 24.7 Å². The fourth-order valence-corrected chi connectivity index (χ4v) is 4.46. The lowest BCUT2D eigenvalue weighted by molar-refractivity contribution is -0.146. The van der Waals surface area contributed by atoms with Crippen LogP contribution in [0.15, 0.2) is 47.4 Å². The minimum absolute atomic E-state index is 0.00760. The van der Waals surface area contributed by atoms with Crippen LogP contribution in [0.1, 0.15) is 30.1 Å². The van der Waals surface area contributed by atoms with Crippen LogP contribution < -0.4 is 5.32 Å². The van der Waals surface area contributed by atoms with Gasteiger partial charge in [0.05, 0.1) is 34.3 Å². The zero-order chi connectivity index (χ0) is 23.7. The van der Waals surface area contributed by atoms with Crippen molar-refractivity contribution < 1.29 is 32.3 Å². The summed E-state index contributed by atoms with van der Waals surface area (Å²) in [6.07, 6.45) is 0.242. The Morgan fingerprint density at radius 3 is 2.34 bits per heavy atom. The van der Waals surface area contributed by atoms with E-state index in [4.69, 9.17) is 32.7 Å². The van der Waals surface area contributed by atoms with Gasteiger partial charge in [-0.2, -0.15) is 0 Å². The van der Waals surface area contributed by atoms with Crippen molar-refractivity contribution in [1.82, 2.24) is 0 Å². The van der Waals surface area contributed by atoms with Gasteiger partial charge in [-0.05, 0) is 48.9 Å². The Bertz CT molecular complexity index is 1090. The molecule has 172 valence electrons. The van der Waals surface area contributed by atoms with Crippen molar-refractivity contribution >= 4 is 56.6 Å². The molecule has 32 heavy (non-hydrogen) atoms. The molecule has 0 aliphatic carbocycles. The van der Waals surface area contributed by atoms with E-state index in [2.05, 4.69) is 5.32 Å². The molecule has 0 aliphatic rings. The van der Waals surface area contributed by atoms with Crippen LogP contribution in [-0.2, 0) is 28.9 Å². The maximum Gasteiger partial charge on any atom is 0.338 e. The highest BCUT2D eigenvalue weighted by molar-refractivity contribution is 7.91. The molecule has 0 radical (unpaired) electrons. The molecule has 0 aliphatic heterocycles. The number of rotatable bonds is 10. The summed E-state index contributed by atoms with van der Waals surface area (Å²) in [6.45, 7) is 1.60. The highest BCUT2D eigenvalue weighted by atomic mass is 35.5. The molecular weight excluding hydrogens is 481 g/mol. The summed E-state index contributed by atoms with van der Waals surface area (Å²) in [4.78, 5) is 35.4. The summed E-state index contributed by atoms with van der Waals surface area (Å²) in [5, 5.41) is 2.68. The Balaban J connectivity index is 1.81. The first-order chi connectivity index (χ1) is 15.1. The third-order valence-corrected chi connectivity index (χ3v) is 6.44. The van der Waals surface area contributed by atoms with Gasteiger partial charge in [0.15, 0.2) is 16.4 Å². The summed E-state index contributed by atoms with van der Waals surface area (Å²) in [6, 6.07) is 9.98. The second-order valence-corrected chi connectivity index (χ2v) is 9.49. The van der Waals surface area contributed by atoms with Crippen LogP contribution >= 0.6 is 23.2 Å². The molecule has 2 aromatic rings. The predicted octanol–water partition coefficient (Wildman–Crippen LogP) is 3.91. The van der Waals surface area contributed by atoms with Gasteiger partial charge in [-0.15, -0.1) is 0 Å². The first kappa shape index (κ1) is 25.6. The number of amides is 1. The molecule has 0 saturated heterocycles. The third kappa shape index (κ3) is 7.81. The number of ether oxygens (including phenoxy) is 2. The van der Waals surface area contributed by atoms with E-state index in [9.17, 15) is 22.8 Å². The maximum atomic E-state index is 12.4. The number of hydrogen-bond acceptors (Lipinski definition) is 7. The minimum atomic E-state index is -3.87. The van der Waals surface area contributed by atoms with Crippen LogP contribution in [0.25, 0.3) is 0 Å². The fraction of sp³-hybridized carbons (Fsp3) is 0.286. The molecule has 0 saturated carbocycles. The number of carbonyl (C=O) groups excluding carboxylic acids is 3. The van der Waals surface area contributed by atoms with Gasteiger partial charge in [0.2, 0.25) is 0 Å². The topological polar surface area (TPSA) is 116 Å². The van der Waals surface area contributed by atoms with Gasteiger partial charge in [0.25, 0.3) is 5.91 Å². The predicted molar refractivity (Wildman–Crippen MR) is 120 cm³/mol. The summed E-state index contributed by atoms with van der Waals surface area (Å²) < 4.78 is 34.5. The summed E-state index contributed by atoms with van der Waals surface area (Å²) in [7, 11) is -3.87. The normalized spacial score (nSPS) is 11.0. The lowest BCUT2D eigenvalue weighted by atomic mass is 10.2. The van der Waals surface area contributed by atoms with Crippen molar-refractivity contribution in [3.63, 3.8) is 0 Å². The Morgan fingerprint density at radius 1 is 1.00 bits per heavy atom. The monoisotopic (exact) mass is 501 g/mol. The molecule has 2 rings (SSSR count). The van der Waals surface area contributed by atoms with Crippen LogP contribution in [0.2, 0.25) is 10.0 Å². The zero-order valence-corrected chi connectivity index (χ0v) is 19.4. The highest BCUT2D eigenvalue weighted by Gasteiger charge is 2.21. The van der Waals surface area contributed by atoms with E-state index < -0.39 is 46.5 Å². The largest absolute Gasteiger partial charge is 0.462 e. The number of halogens is 2. The second kappa shape index (κ2) is 11.8. The Hall–Kier alpha value is -2.62. The van der Waals surface area contributed by atoms with E-state index in [0.717, 1.165) is 0 Å². The second-order valence-electron chi connectivity index (χ2n) is 6.57. The standard InChI is InChI=1S/C21H21Cl2NO7S/c1-2-10-30-21(27)14-3-6-16(7-4-14)24-19(25)13-31-20(26)9-11-32(28,29)18-12-15(22)5-8-17(18)23/h3-8,12H,2,9-11,13H2,1H3,(H,24,25). The van der Waals surface area contributed by atoms with Gasteiger partial charge in [0, 0.05) is 10.7 Å². The molecule has 11 heteroatoms. The SMILES string of the molecule is CCCOC(=O)c1ccc(NC(=O)COC(=O)CCS(=O)(=O)c2cc(Cl)ccc2Cl)cc1. The van der Waals surface area contributed by atoms with Crippen molar-refractivity contribution in [3.8, 4) is 0 Å². The number of nitrogens with one attached hydrogen (secondary N) is 1. The smallest absolute Gasteiger partial charge is 0.338 e. The third-order valence-electron chi connectivity index (χ3n) is 4.01. The van der Waals surface area contributed by atoms with Gasteiger partial charge in [-0.1, -0.05) is 30.1 Å². The maximum absolute atomic E-state index is 12.4. The molecule has 0 aromatic heterocycles. The zero-order valence-electron chi connectivity index (χ0n) is 17.1. The number of carbonyl (C=O) groups is 3. The highest BCUT2D eigenvalue weighted by Crippen LogP contribution is 2.26.